The first-order valence-corrected chi connectivity index (χ1v) is 4.82. The van der Waals surface area contributed by atoms with Gasteiger partial charge in [0.2, 0.25) is 6.20 Å². The molecule has 0 fully saturated rings. The van der Waals surface area contributed by atoms with Crippen LogP contribution < -0.4 is 4.57 Å². The number of allylic oxidation sites excluding steroid dienone is 1. The van der Waals surface area contributed by atoms with Crippen LogP contribution in [-0.4, -0.2) is 10.9 Å². The van der Waals surface area contributed by atoms with Crippen LogP contribution in [0, 0.1) is 5.41 Å². The fourth-order valence-corrected chi connectivity index (χ4v) is 0.976. The minimum Gasteiger partial charge on any atom is -0.503 e. The summed E-state index contributed by atoms with van der Waals surface area (Å²) in [5.41, 5.74) is -0.367. The fraction of sp³-hybridized carbons (Fsp3) is 0.333. The number of aromatic nitrogens is 1. The third kappa shape index (κ3) is 3.54. The lowest BCUT2D eigenvalue weighted by molar-refractivity contribution is -0.568. The van der Waals surface area contributed by atoms with E-state index in [-0.39, 0.29) is 16.9 Å². The summed E-state index contributed by atoms with van der Waals surface area (Å²) in [6.07, 6.45) is 6.44. The zero-order chi connectivity index (χ0) is 11.5. The number of ketones is 1. The van der Waals surface area contributed by atoms with E-state index >= 15 is 0 Å². The summed E-state index contributed by atoms with van der Waals surface area (Å²) in [7, 11) is 0. The Kier molecular flexibility index (Phi) is 3.24. The second-order valence-corrected chi connectivity index (χ2v) is 4.44. The summed E-state index contributed by atoms with van der Waals surface area (Å²) in [6.45, 7) is 5.60. The van der Waals surface area contributed by atoms with E-state index in [0.717, 1.165) is 0 Å². The van der Waals surface area contributed by atoms with Gasteiger partial charge in [0, 0.05) is 17.6 Å². The molecular formula is C12H16NO2+. The lowest BCUT2D eigenvalue weighted by Crippen LogP contribution is -2.26. The Balaban J connectivity index is 2.79. The molecule has 15 heavy (non-hydrogen) atoms. The maximum absolute atomic E-state index is 11.6. The molecule has 0 aliphatic carbocycles. The van der Waals surface area contributed by atoms with Gasteiger partial charge >= 0.3 is 0 Å². The monoisotopic (exact) mass is 206 g/mol. The van der Waals surface area contributed by atoms with E-state index in [0.29, 0.717) is 0 Å². The number of hydrogen-bond acceptors (Lipinski definition) is 2. The second kappa shape index (κ2) is 4.26. The molecular weight excluding hydrogens is 190 g/mol. The molecule has 0 saturated heterocycles. The van der Waals surface area contributed by atoms with Crippen molar-refractivity contribution in [1.29, 1.82) is 0 Å². The molecule has 0 amide bonds. The fourth-order valence-electron chi connectivity index (χ4n) is 0.976. The first-order chi connectivity index (χ1) is 6.89. The molecule has 0 radical (unpaired) electrons. The maximum Gasteiger partial charge on any atom is 0.216 e. The van der Waals surface area contributed by atoms with Crippen LogP contribution in [0.3, 0.4) is 0 Å². The lowest BCUT2D eigenvalue weighted by Gasteiger charge is -2.11. The van der Waals surface area contributed by atoms with Crippen molar-refractivity contribution in [2.75, 3.05) is 0 Å². The van der Waals surface area contributed by atoms with Crippen molar-refractivity contribution in [2.45, 2.75) is 20.8 Å². The summed E-state index contributed by atoms with van der Waals surface area (Å²) in [5, 5.41) is 9.20. The smallest absolute Gasteiger partial charge is 0.216 e. The number of carbonyl (C=O) groups is 1. The van der Waals surface area contributed by atoms with Crippen LogP contribution in [0.1, 0.15) is 20.8 Å². The molecule has 0 unspecified atom stereocenters. The van der Waals surface area contributed by atoms with Gasteiger partial charge in [-0.1, -0.05) is 20.8 Å². The second-order valence-electron chi connectivity index (χ2n) is 4.44. The third-order valence-corrected chi connectivity index (χ3v) is 1.94. The van der Waals surface area contributed by atoms with Gasteiger partial charge in [-0.25, -0.2) is 0 Å². The molecule has 3 heteroatoms. The Morgan fingerprint density at radius 2 is 2.13 bits per heavy atom. The number of hydrogen-bond donors (Lipinski definition) is 1. The van der Waals surface area contributed by atoms with Crippen molar-refractivity contribution < 1.29 is 14.5 Å². The molecule has 0 bridgehead atoms. The van der Waals surface area contributed by atoms with E-state index in [1.54, 1.807) is 29.1 Å². The van der Waals surface area contributed by atoms with Gasteiger partial charge in [-0.15, -0.1) is 0 Å². The van der Waals surface area contributed by atoms with E-state index in [2.05, 4.69) is 0 Å². The van der Waals surface area contributed by atoms with Crippen molar-refractivity contribution in [3.8, 4) is 5.75 Å². The predicted molar refractivity (Wildman–Crippen MR) is 58.1 cm³/mol. The van der Waals surface area contributed by atoms with E-state index in [4.69, 9.17) is 0 Å². The molecule has 0 aliphatic heterocycles. The summed E-state index contributed by atoms with van der Waals surface area (Å²) in [6, 6.07) is 3.29. The summed E-state index contributed by atoms with van der Waals surface area (Å²) in [5.74, 6) is 0.226. The largest absolute Gasteiger partial charge is 0.503 e. The Bertz CT molecular complexity index is 389. The minimum atomic E-state index is -0.367. The SMILES string of the molecule is CC(C)(C)C(=O)C=C[n+]1cccc(O)c1. The van der Waals surface area contributed by atoms with Gasteiger partial charge in [-0.3, -0.25) is 4.79 Å². The predicted octanol–water partition coefficient (Wildman–Crippen LogP) is 1.77. The van der Waals surface area contributed by atoms with Crippen molar-refractivity contribution in [3.63, 3.8) is 0 Å². The molecule has 80 valence electrons. The zero-order valence-corrected chi connectivity index (χ0v) is 9.27. The van der Waals surface area contributed by atoms with Crippen LogP contribution in [0.4, 0.5) is 0 Å². The van der Waals surface area contributed by atoms with Crippen molar-refractivity contribution in [1.82, 2.24) is 0 Å². The molecule has 0 atom stereocenters. The zero-order valence-electron chi connectivity index (χ0n) is 9.27. The standard InChI is InChI=1S/C12H15NO2/c1-12(2,3)11(15)6-8-13-7-4-5-10(14)9-13/h4-9H,1-3H3/p+1. The van der Waals surface area contributed by atoms with Crippen LogP contribution in [-0.2, 0) is 4.79 Å². The van der Waals surface area contributed by atoms with Gasteiger partial charge in [-0.2, -0.15) is 4.57 Å². The highest BCUT2D eigenvalue weighted by Crippen LogP contribution is 2.14. The molecule has 0 aromatic carbocycles. The molecule has 1 N–H and O–H groups in total. The Morgan fingerprint density at radius 1 is 1.47 bits per heavy atom. The van der Waals surface area contributed by atoms with Gasteiger partial charge in [-0.05, 0) is 6.07 Å². The normalized spacial score (nSPS) is 11.9. The van der Waals surface area contributed by atoms with Crippen molar-refractivity contribution in [2.24, 2.45) is 5.41 Å². The molecule has 1 heterocycles. The number of rotatable bonds is 2. The van der Waals surface area contributed by atoms with Crippen LogP contribution in [0.5, 0.6) is 5.75 Å². The highest BCUT2D eigenvalue weighted by molar-refractivity contribution is 5.95. The van der Waals surface area contributed by atoms with Crippen LogP contribution in [0.2, 0.25) is 0 Å². The summed E-state index contributed by atoms with van der Waals surface area (Å²) in [4.78, 5) is 11.6. The third-order valence-electron chi connectivity index (χ3n) is 1.94. The molecule has 1 rings (SSSR count). The van der Waals surface area contributed by atoms with E-state index in [9.17, 15) is 9.90 Å². The van der Waals surface area contributed by atoms with Gasteiger partial charge in [0.15, 0.2) is 23.9 Å². The van der Waals surface area contributed by atoms with E-state index < -0.39 is 0 Å². The first kappa shape index (κ1) is 11.4. The Labute approximate surface area is 89.7 Å². The molecule has 0 aliphatic rings. The van der Waals surface area contributed by atoms with Gasteiger partial charge in [0.1, 0.15) is 0 Å². The van der Waals surface area contributed by atoms with Crippen molar-refractivity contribution in [3.05, 3.63) is 30.6 Å². The summed E-state index contributed by atoms with van der Waals surface area (Å²) >= 11 is 0. The quantitative estimate of drug-likeness (QED) is 0.591. The number of nitrogens with zero attached hydrogens (tertiary/aromatic N) is 1. The van der Waals surface area contributed by atoms with Gasteiger partial charge in [0.05, 0.1) is 0 Å². The number of carbonyl (C=O) groups excluding carboxylic acids is 1. The minimum absolute atomic E-state index is 0.0540. The van der Waals surface area contributed by atoms with Gasteiger partial charge < -0.3 is 5.11 Å². The van der Waals surface area contributed by atoms with Crippen molar-refractivity contribution >= 4 is 12.0 Å². The highest BCUT2D eigenvalue weighted by atomic mass is 16.3. The lowest BCUT2D eigenvalue weighted by atomic mass is 9.91. The van der Waals surface area contributed by atoms with Crippen LogP contribution >= 0.6 is 0 Å². The number of pyridine rings is 1. The average molecular weight is 206 g/mol. The Hall–Kier alpha value is -1.64. The van der Waals surface area contributed by atoms with E-state index in [1.165, 1.54) is 12.3 Å². The van der Waals surface area contributed by atoms with E-state index in [1.807, 2.05) is 20.8 Å². The average Bonchev–Trinajstić information content (AvgIpc) is 2.12. The molecule has 1 aromatic heterocycles. The summed E-state index contributed by atoms with van der Waals surface area (Å²) < 4.78 is 1.64. The van der Waals surface area contributed by atoms with Gasteiger partial charge in [0.25, 0.3) is 0 Å². The molecule has 0 saturated carbocycles. The molecule has 3 nitrogen and oxygen atoms in total. The number of aromatic hydroxyl groups is 1. The topological polar surface area (TPSA) is 41.2 Å². The maximum atomic E-state index is 11.6. The van der Waals surface area contributed by atoms with Crippen LogP contribution in [0.25, 0.3) is 6.20 Å². The first-order valence-electron chi connectivity index (χ1n) is 4.82. The highest BCUT2D eigenvalue weighted by Gasteiger charge is 2.18. The molecule has 1 aromatic rings. The van der Waals surface area contributed by atoms with Crippen LogP contribution in [0.15, 0.2) is 30.6 Å². The Morgan fingerprint density at radius 3 is 2.67 bits per heavy atom. The molecule has 0 spiro atoms.